The van der Waals surface area contributed by atoms with Crippen molar-refractivity contribution in [1.82, 2.24) is 9.88 Å². The minimum absolute atomic E-state index is 0.0118. The van der Waals surface area contributed by atoms with Crippen LogP contribution in [-0.2, 0) is 0 Å². The first-order valence-electron chi connectivity index (χ1n) is 10.8. The van der Waals surface area contributed by atoms with Crippen LogP contribution in [0.4, 0.5) is 0 Å². The van der Waals surface area contributed by atoms with Crippen molar-refractivity contribution in [3.05, 3.63) is 65.4 Å². The number of carbonyl (C=O) groups excluding carboxylic acids is 2. The fourth-order valence-corrected chi connectivity index (χ4v) is 4.74. The zero-order chi connectivity index (χ0) is 24.1. The molecule has 1 aliphatic heterocycles. The lowest BCUT2D eigenvalue weighted by Gasteiger charge is -2.26. The summed E-state index contributed by atoms with van der Waals surface area (Å²) >= 11 is 1.86. The number of hydrogen-bond acceptors (Lipinski definition) is 7. The summed E-state index contributed by atoms with van der Waals surface area (Å²) in [6.07, 6.45) is 3.14. The van der Waals surface area contributed by atoms with Crippen molar-refractivity contribution in [3.63, 3.8) is 0 Å². The van der Waals surface area contributed by atoms with Gasteiger partial charge in [0, 0.05) is 47.2 Å². The number of carbonyl (C=O) groups is 2. The maximum Gasteiger partial charge on any atom is 0.253 e. The van der Waals surface area contributed by atoms with Crippen molar-refractivity contribution >= 4 is 40.4 Å². The summed E-state index contributed by atoms with van der Waals surface area (Å²) in [4.78, 5) is 31.8. The predicted molar refractivity (Wildman–Crippen MR) is 134 cm³/mol. The zero-order valence-electron chi connectivity index (χ0n) is 19.4. The van der Waals surface area contributed by atoms with Gasteiger partial charge in [-0.25, -0.2) is 4.98 Å². The van der Waals surface area contributed by atoms with Crippen LogP contribution in [0.3, 0.4) is 0 Å². The van der Waals surface area contributed by atoms with Crippen molar-refractivity contribution in [1.29, 1.82) is 0 Å². The number of benzene rings is 2. The highest BCUT2D eigenvalue weighted by molar-refractivity contribution is 7.99. The molecule has 3 aromatic rings. The van der Waals surface area contributed by atoms with Gasteiger partial charge in [0.1, 0.15) is 0 Å². The standard InChI is InChI=1S/C26H26N2O5S/c1-31-23-16-21-20(24(32-2)25(23)33-3)10-8-19(27-21)9-11-22(29)17-4-6-18(7-5-17)26(30)28-12-14-34-15-13-28/h4-11,16H,12-15H2,1-3H3. The van der Waals surface area contributed by atoms with E-state index < -0.39 is 0 Å². The number of nitrogens with zero attached hydrogens (tertiary/aromatic N) is 2. The van der Waals surface area contributed by atoms with Crippen LogP contribution in [0.5, 0.6) is 17.2 Å². The smallest absolute Gasteiger partial charge is 0.253 e. The first-order chi connectivity index (χ1) is 16.5. The Bertz CT molecular complexity index is 1230. The average molecular weight is 479 g/mol. The lowest BCUT2D eigenvalue weighted by Crippen LogP contribution is -2.37. The van der Waals surface area contributed by atoms with Gasteiger partial charge in [-0.3, -0.25) is 9.59 Å². The van der Waals surface area contributed by atoms with E-state index >= 15 is 0 Å². The van der Waals surface area contributed by atoms with E-state index in [4.69, 9.17) is 14.2 Å². The maximum absolute atomic E-state index is 12.7. The lowest BCUT2D eigenvalue weighted by atomic mass is 10.1. The molecule has 0 bridgehead atoms. The van der Waals surface area contributed by atoms with Gasteiger partial charge < -0.3 is 19.1 Å². The first-order valence-corrected chi connectivity index (χ1v) is 12.0. The third-order valence-corrected chi connectivity index (χ3v) is 6.58. The molecule has 1 aliphatic rings. The minimum Gasteiger partial charge on any atom is -0.493 e. The molecule has 0 spiro atoms. The van der Waals surface area contributed by atoms with Gasteiger partial charge in [0.2, 0.25) is 5.75 Å². The molecule has 0 unspecified atom stereocenters. The SMILES string of the molecule is COc1cc2nc(C=CC(=O)c3ccc(C(=O)N4CCSCC4)cc3)ccc2c(OC)c1OC. The predicted octanol–water partition coefficient (Wildman–Crippen LogP) is 4.35. The Morgan fingerprint density at radius 2 is 1.59 bits per heavy atom. The quantitative estimate of drug-likeness (QED) is 0.369. The van der Waals surface area contributed by atoms with Crippen LogP contribution >= 0.6 is 11.8 Å². The van der Waals surface area contributed by atoms with Gasteiger partial charge in [-0.1, -0.05) is 12.1 Å². The molecule has 7 nitrogen and oxygen atoms in total. The lowest BCUT2D eigenvalue weighted by molar-refractivity contribution is 0.0772. The summed E-state index contributed by atoms with van der Waals surface area (Å²) in [5.74, 6) is 3.31. The van der Waals surface area contributed by atoms with Gasteiger partial charge in [0.15, 0.2) is 17.3 Å². The van der Waals surface area contributed by atoms with E-state index in [0.717, 1.165) is 30.0 Å². The molecule has 4 rings (SSSR count). The van der Waals surface area contributed by atoms with Crippen LogP contribution in [0.2, 0.25) is 0 Å². The number of methoxy groups -OCH3 is 3. The molecule has 0 atom stereocenters. The maximum atomic E-state index is 12.7. The molecule has 0 radical (unpaired) electrons. The average Bonchev–Trinajstić information content (AvgIpc) is 2.90. The van der Waals surface area contributed by atoms with Crippen molar-refractivity contribution in [2.75, 3.05) is 45.9 Å². The number of fused-ring (bicyclic) bond motifs is 1. The van der Waals surface area contributed by atoms with Crippen LogP contribution in [-0.4, -0.2) is 67.5 Å². The molecule has 1 saturated heterocycles. The second-order valence-electron chi connectivity index (χ2n) is 7.63. The Kier molecular flexibility index (Phi) is 7.37. The van der Waals surface area contributed by atoms with E-state index in [1.54, 1.807) is 63.8 Å². The van der Waals surface area contributed by atoms with Crippen LogP contribution in [0, 0.1) is 0 Å². The first kappa shape index (κ1) is 23.6. The Balaban J connectivity index is 1.52. The van der Waals surface area contributed by atoms with Gasteiger partial charge >= 0.3 is 0 Å². The number of ketones is 1. The highest BCUT2D eigenvalue weighted by Crippen LogP contribution is 2.42. The summed E-state index contributed by atoms with van der Waals surface area (Å²) in [6.45, 7) is 1.52. The second-order valence-corrected chi connectivity index (χ2v) is 8.85. The summed E-state index contributed by atoms with van der Waals surface area (Å²) in [5.41, 5.74) is 2.38. The van der Waals surface area contributed by atoms with Crippen LogP contribution in [0.1, 0.15) is 26.4 Å². The topological polar surface area (TPSA) is 78.0 Å². The van der Waals surface area contributed by atoms with Crippen LogP contribution in [0.25, 0.3) is 17.0 Å². The molecule has 8 heteroatoms. The molecule has 0 aliphatic carbocycles. The van der Waals surface area contributed by atoms with Gasteiger partial charge in [-0.15, -0.1) is 0 Å². The molecule has 2 heterocycles. The van der Waals surface area contributed by atoms with Crippen LogP contribution < -0.4 is 14.2 Å². The zero-order valence-corrected chi connectivity index (χ0v) is 20.2. The second kappa shape index (κ2) is 10.6. The van der Waals surface area contributed by atoms with Crippen molar-refractivity contribution in [3.8, 4) is 17.2 Å². The largest absolute Gasteiger partial charge is 0.493 e. The normalized spacial score (nSPS) is 13.8. The number of rotatable bonds is 7. The monoisotopic (exact) mass is 478 g/mol. The molecular weight excluding hydrogens is 452 g/mol. The Morgan fingerprint density at radius 1 is 0.912 bits per heavy atom. The number of amides is 1. The van der Waals surface area contributed by atoms with Gasteiger partial charge in [0.05, 0.1) is 32.5 Å². The third-order valence-electron chi connectivity index (χ3n) is 5.64. The van der Waals surface area contributed by atoms with Crippen molar-refractivity contribution < 1.29 is 23.8 Å². The molecule has 2 aromatic carbocycles. The number of ether oxygens (including phenoxy) is 3. The molecular formula is C26H26N2O5S. The van der Waals surface area contributed by atoms with Gasteiger partial charge in [-0.05, 0) is 36.4 Å². The van der Waals surface area contributed by atoms with Gasteiger partial charge in [0.25, 0.3) is 5.91 Å². The number of hydrogen-bond donors (Lipinski definition) is 0. The summed E-state index contributed by atoms with van der Waals surface area (Å²) in [6, 6.07) is 12.2. The van der Waals surface area contributed by atoms with Gasteiger partial charge in [-0.2, -0.15) is 11.8 Å². The van der Waals surface area contributed by atoms with Crippen LogP contribution in [0.15, 0.2) is 48.5 Å². The Morgan fingerprint density at radius 3 is 2.24 bits per heavy atom. The van der Waals surface area contributed by atoms with Crippen molar-refractivity contribution in [2.24, 2.45) is 0 Å². The number of pyridine rings is 1. The molecule has 176 valence electrons. The molecule has 34 heavy (non-hydrogen) atoms. The Labute approximate surface area is 202 Å². The fourth-order valence-electron chi connectivity index (χ4n) is 3.84. The van der Waals surface area contributed by atoms with E-state index in [-0.39, 0.29) is 11.7 Å². The summed E-state index contributed by atoms with van der Waals surface area (Å²) in [5, 5.41) is 0.774. The number of thioether (sulfide) groups is 1. The minimum atomic E-state index is -0.167. The number of aromatic nitrogens is 1. The van der Waals surface area contributed by atoms with Crippen molar-refractivity contribution in [2.45, 2.75) is 0 Å². The van der Waals surface area contributed by atoms with E-state index in [1.165, 1.54) is 6.08 Å². The highest BCUT2D eigenvalue weighted by atomic mass is 32.2. The summed E-state index contributed by atoms with van der Waals surface area (Å²) < 4.78 is 16.3. The Hall–Kier alpha value is -3.52. The fraction of sp³-hybridized carbons (Fsp3) is 0.269. The number of allylic oxidation sites excluding steroid dienone is 1. The van der Waals surface area contributed by atoms with E-state index in [2.05, 4.69) is 4.98 Å². The molecule has 1 fully saturated rings. The molecule has 1 amide bonds. The van der Waals surface area contributed by atoms with E-state index in [1.807, 2.05) is 22.7 Å². The third kappa shape index (κ3) is 4.87. The van der Waals surface area contributed by atoms with E-state index in [0.29, 0.717) is 39.6 Å². The highest BCUT2D eigenvalue weighted by Gasteiger charge is 2.19. The molecule has 0 saturated carbocycles. The molecule has 0 N–H and O–H groups in total. The summed E-state index contributed by atoms with van der Waals surface area (Å²) in [7, 11) is 4.67. The molecule has 1 aromatic heterocycles. The van der Waals surface area contributed by atoms with E-state index in [9.17, 15) is 9.59 Å².